The summed E-state index contributed by atoms with van der Waals surface area (Å²) in [6, 6.07) is 12.0. The minimum Gasteiger partial charge on any atom is -0.382 e. The third kappa shape index (κ3) is 1.95. The summed E-state index contributed by atoms with van der Waals surface area (Å²) >= 11 is 0. The maximum Gasteiger partial charge on any atom is 0.155 e. The van der Waals surface area contributed by atoms with Crippen LogP contribution in [-0.4, -0.2) is 15.2 Å². The van der Waals surface area contributed by atoms with Gasteiger partial charge in [0, 0.05) is 11.8 Å². The Hall–Kier alpha value is -2.62. The highest BCUT2D eigenvalue weighted by Crippen LogP contribution is 2.35. The second-order valence-electron chi connectivity index (χ2n) is 4.82. The molecule has 3 aromatic rings. The molecule has 0 amide bonds. The highest BCUT2D eigenvalue weighted by molar-refractivity contribution is 5.87. The SMILES string of the molecule is Cc1cccc(-c2[nH]nc(N)c2-c2ccccn2)c1C. The van der Waals surface area contributed by atoms with Gasteiger partial charge in [0.1, 0.15) is 0 Å². The molecule has 4 heteroatoms. The summed E-state index contributed by atoms with van der Waals surface area (Å²) < 4.78 is 0. The Morgan fingerprint density at radius 3 is 2.65 bits per heavy atom. The molecule has 3 N–H and O–H groups in total. The van der Waals surface area contributed by atoms with Crippen molar-refractivity contribution >= 4 is 5.82 Å². The number of hydrogen-bond acceptors (Lipinski definition) is 3. The molecule has 2 aromatic heterocycles. The minimum absolute atomic E-state index is 0.472. The molecule has 0 aliphatic heterocycles. The second-order valence-corrected chi connectivity index (χ2v) is 4.82. The van der Waals surface area contributed by atoms with E-state index in [0.717, 1.165) is 22.5 Å². The van der Waals surface area contributed by atoms with Crippen molar-refractivity contribution < 1.29 is 0 Å². The maximum atomic E-state index is 6.02. The average molecular weight is 264 g/mol. The lowest BCUT2D eigenvalue weighted by molar-refractivity contribution is 1.10. The van der Waals surface area contributed by atoms with Gasteiger partial charge in [-0.3, -0.25) is 10.1 Å². The van der Waals surface area contributed by atoms with Gasteiger partial charge in [0.05, 0.1) is 17.0 Å². The van der Waals surface area contributed by atoms with Crippen LogP contribution in [-0.2, 0) is 0 Å². The van der Waals surface area contributed by atoms with Crippen LogP contribution in [0.25, 0.3) is 22.5 Å². The fourth-order valence-corrected chi connectivity index (χ4v) is 2.34. The van der Waals surface area contributed by atoms with Gasteiger partial charge in [0.2, 0.25) is 0 Å². The van der Waals surface area contributed by atoms with Crippen molar-refractivity contribution in [2.45, 2.75) is 13.8 Å². The molecule has 0 saturated carbocycles. The van der Waals surface area contributed by atoms with E-state index >= 15 is 0 Å². The van der Waals surface area contributed by atoms with Gasteiger partial charge in [-0.05, 0) is 37.1 Å². The van der Waals surface area contributed by atoms with Crippen LogP contribution in [0.4, 0.5) is 5.82 Å². The van der Waals surface area contributed by atoms with Crippen molar-refractivity contribution in [2.24, 2.45) is 0 Å². The molecule has 100 valence electrons. The van der Waals surface area contributed by atoms with Crippen LogP contribution in [0.15, 0.2) is 42.6 Å². The molecule has 0 fully saturated rings. The lowest BCUT2D eigenvalue weighted by Gasteiger charge is -2.09. The van der Waals surface area contributed by atoms with E-state index in [9.17, 15) is 0 Å². The molecule has 0 bridgehead atoms. The fourth-order valence-electron chi connectivity index (χ4n) is 2.34. The summed E-state index contributed by atoms with van der Waals surface area (Å²) in [6.07, 6.45) is 1.76. The van der Waals surface area contributed by atoms with Gasteiger partial charge in [-0.15, -0.1) is 0 Å². The van der Waals surface area contributed by atoms with Gasteiger partial charge in [-0.1, -0.05) is 24.3 Å². The van der Waals surface area contributed by atoms with Crippen LogP contribution < -0.4 is 5.73 Å². The zero-order chi connectivity index (χ0) is 14.1. The number of pyridine rings is 1. The van der Waals surface area contributed by atoms with Crippen molar-refractivity contribution in [1.82, 2.24) is 15.2 Å². The lowest BCUT2D eigenvalue weighted by atomic mass is 9.97. The topological polar surface area (TPSA) is 67.6 Å². The Bertz CT molecular complexity index is 744. The molecule has 0 spiro atoms. The molecule has 0 unspecified atom stereocenters. The molecule has 0 saturated heterocycles. The quantitative estimate of drug-likeness (QED) is 0.746. The average Bonchev–Trinajstić information content (AvgIpc) is 2.84. The van der Waals surface area contributed by atoms with Crippen LogP contribution >= 0.6 is 0 Å². The van der Waals surface area contributed by atoms with Gasteiger partial charge in [0.25, 0.3) is 0 Å². The van der Waals surface area contributed by atoms with Gasteiger partial charge in [-0.25, -0.2) is 0 Å². The molecule has 0 aliphatic rings. The van der Waals surface area contributed by atoms with E-state index in [1.54, 1.807) is 6.20 Å². The van der Waals surface area contributed by atoms with Gasteiger partial charge in [-0.2, -0.15) is 5.10 Å². The number of H-pyrrole nitrogens is 1. The molecule has 0 aliphatic carbocycles. The summed E-state index contributed by atoms with van der Waals surface area (Å²) in [4.78, 5) is 4.38. The Kier molecular flexibility index (Phi) is 2.99. The van der Waals surface area contributed by atoms with Crippen LogP contribution in [0, 0.1) is 13.8 Å². The molecule has 3 rings (SSSR count). The molecular weight excluding hydrogens is 248 g/mol. The van der Waals surface area contributed by atoms with Gasteiger partial charge in [0.15, 0.2) is 5.82 Å². The second kappa shape index (κ2) is 4.81. The smallest absolute Gasteiger partial charge is 0.155 e. The zero-order valence-electron chi connectivity index (χ0n) is 11.5. The third-order valence-electron chi connectivity index (χ3n) is 3.59. The van der Waals surface area contributed by atoms with Crippen molar-refractivity contribution in [2.75, 3.05) is 5.73 Å². The number of benzene rings is 1. The summed E-state index contributed by atoms with van der Waals surface area (Å²) in [5.41, 5.74) is 12.2. The Morgan fingerprint density at radius 1 is 1.05 bits per heavy atom. The summed E-state index contributed by atoms with van der Waals surface area (Å²) in [5, 5.41) is 7.19. The zero-order valence-corrected chi connectivity index (χ0v) is 11.5. The number of nitrogen functional groups attached to an aromatic ring is 1. The van der Waals surface area contributed by atoms with E-state index in [1.807, 2.05) is 24.3 Å². The first kappa shape index (κ1) is 12.4. The number of nitrogens with two attached hydrogens (primary N) is 1. The number of aromatic amines is 1. The van der Waals surface area contributed by atoms with Crippen LogP contribution in [0.1, 0.15) is 11.1 Å². The Labute approximate surface area is 117 Å². The first-order valence-electron chi connectivity index (χ1n) is 6.50. The number of anilines is 1. The number of hydrogen-bond donors (Lipinski definition) is 2. The molecular formula is C16H16N4. The largest absolute Gasteiger partial charge is 0.382 e. The van der Waals surface area contributed by atoms with Crippen molar-refractivity contribution in [3.05, 3.63) is 53.7 Å². The number of rotatable bonds is 2. The molecule has 0 radical (unpaired) electrons. The minimum atomic E-state index is 0.472. The fraction of sp³-hybridized carbons (Fsp3) is 0.125. The highest BCUT2D eigenvalue weighted by atomic mass is 15.2. The highest BCUT2D eigenvalue weighted by Gasteiger charge is 2.17. The van der Waals surface area contributed by atoms with Gasteiger partial charge >= 0.3 is 0 Å². The van der Waals surface area contributed by atoms with Gasteiger partial charge < -0.3 is 5.73 Å². The first-order valence-corrected chi connectivity index (χ1v) is 6.50. The van der Waals surface area contributed by atoms with E-state index in [1.165, 1.54) is 11.1 Å². The molecule has 0 atom stereocenters. The monoisotopic (exact) mass is 264 g/mol. The summed E-state index contributed by atoms with van der Waals surface area (Å²) in [7, 11) is 0. The normalized spacial score (nSPS) is 10.7. The van der Waals surface area contributed by atoms with E-state index in [-0.39, 0.29) is 0 Å². The van der Waals surface area contributed by atoms with Crippen LogP contribution in [0.2, 0.25) is 0 Å². The predicted molar refractivity (Wildman–Crippen MR) is 81.1 cm³/mol. The number of nitrogens with one attached hydrogen (secondary N) is 1. The first-order chi connectivity index (χ1) is 9.68. The standard InChI is InChI=1S/C16H16N4/c1-10-6-5-7-12(11(10)2)15-14(16(17)20-19-15)13-8-3-4-9-18-13/h3-9H,1-2H3,(H3,17,19,20). The van der Waals surface area contributed by atoms with Crippen molar-refractivity contribution in [3.8, 4) is 22.5 Å². The number of aromatic nitrogens is 3. The number of aryl methyl sites for hydroxylation is 1. The lowest BCUT2D eigenvalue weighted by Crippen LogP contribution is -1.92. The van der Waals surface area contributed by atoms with Crippen molar-refractivity contribution in [1.29, 1.82) is 0 Å². The number of nitrogens with zero attached hydrogens (tertiary/aromatic N) is 2. The molecule has 4 nitrogen and oxygen atoms in total. The maximum absolute atomic E-state index is 6.02. The molecule has 2 heterocycles. The third-order valence-corrected chi connectivity index (χ3v) is 3.59. The summed E-state index contributed by atoms with van der Waals surface area (Å²) in [6.45, 7) is 4.20. The van der Waals surface area contributed by atoms with E-state index in [4.69, 9.17) is 5.73 Å². The Balaban J connectivity index is 2.24. The van der Waals surface area contributed by atoms with Crippen LogP contribution in [0.3, 0.4) is 0 Å². The van der Waals surface area contributed by atoms with E-state index in [2.05, 4.69) is 41.2 Å². The van der Waals surface area contributed by atoms with Crippen LogP contribution in [0.5, 0.6) is 0 Å². The van der Waals surface area contributed by atoms with E-state index in [0.29, 0.717) is 5.82 Å². The Morgan fingerprint density at radius 2 is 1.90 bits per heavy atom. The summed E-state index contributed by atoms with van der Waals surface area (Å²) in [5.74, 6) is 0.472. The predicted octanol–water partition coefficient (Wildman–Crippen LogP) is 3.34. The van der Waals surface area contributed by atoms with Crippen molar-refractivity contribution in [3.63, 3.8) is 0 Å². The van der Waals surface area contributed by atoms with E-state index < -0.39 is 0 Å². The molecule has 1 aromatic carbocycles. The molecule has 20 heavy (non-hydrogen) atoms.